The lowest BCUT2D eigenvalue weighted by atomic mass is 10.1. The van der Waals surface area contributed by atoms with E-state index in [0.29, 0.717) is 15.5 Å². The van der Waals surface area contributed by atoms with Gasteiger partial charge in [0.1, 0.15) is 4.88 Å². The Labute approximate surface area is 114 Å². The largest absolute Gasteiger partial charge is 0.477 e. The zero-order valence-electron chi connectivity index (χ0n) is 10.3. The number of benzene rings is 1. The Hall–Kier alpha value is -2.14. The van der Waals surface area contributed by atoms with Crippen LogP contribution in [0.1, 0.15) is 22.2 Å². The van der Waals surface area contributed by atoms with Crippen LogP contribution >= 0.6 is 11.3 Å². The van der Waals surface area contributed by atoms with Crippen molar-refractivity contribution >= 4 is 22.3 Å². The Balaban J connectivity index is 2.23. The highest BCUT2D eigenvalue weighted by molar-refractivity contribution is 7.19. The number of aromatic nitrogens is 2. The molecule has 0 aliphatic rings. The molecule has 0 aliphatic carbocycles. The fraction of sp³-hybridized carbons (Fsp3) is 0.143. The number of imidazole rings is 1. The summed E-state index contributed by atoms with van der Waals surface area (Å²) in [5.74, 6) is -0.912. The van der Waals surface area contributed by atoms with Crippen molar-refractivity contribution in [3.8, 4) is 11.3 Å². The molecule has 1 aromatic carbocycles. The molecule has 19 heavy (non-hydrogen) atoms. The number of fused-ring (bicyclic) bond motifs is 1. The zero-order valence-corrected chi connectivity index (χ0v) is 11.1. The van der Waals surface area contributed by atoms with Gasteiger partial charge >= 0.3 is 5.97 Å². The SMILES string of the molecule is CCc1ccc(-c2c(C(=O)O)sc3nccn23)cc1. The van der Waals surface area contributed by atoms with E-state index in [-0.39, 0.29) is 0 Å². The summed E-state index contributed by atoms with van der Waals surface area (Å²) in [5.41, 5.74) is 2.84. The second-order valence-electron chi connectivity index (χ2n) is 4.22. The lowest BCUT2D eigenvalue weighted by Gasteiger charge is -2.03. The van der Waals surface area contributed by atoms with Crippen LogP contribution in [-0.4, -0.2) is 20.5 Å². The predicted octanol–water partition coefficient (Wildman–Crippen LogP) is 3.32. The van der Waals surface area contributed by atoms with Crippen LogP contribution in [0.4, 0.5) is 0 Å². The minimum atomic E-state index is -0.912. The number of carboxylic acid groups (broad SMARTS) is 1. The first-order valence-corrected chi connectivity index (χ1v) is 6.81. The van der Waals surface area contributed by atoms with Crippen molar-refractivity contribution in [1.82, 2.24) is 9.38 Å². The van der Waals surface area contributed by atoms with Gasteiger partial charge in [0.2, 0.25) is 0 Å². The molecule has 0 saturated carbocycles. The number of hydrogen-bond acceptors (Lipinski definition) is 3. The van der Waals surface area contributed by atoms with Gasteiger partial charge in [-0.25, -0.2) is 9.78 Å². The maximum absolute atomic E-state index is 11.4. The molecule has 2 heterocycles. The van der Waals surface area contributed by atoms with Gasteiger partial charge in [-0.2, -0.15) is 0 Å². The standard InChI is InChI=1S/C14H12N2O2S/c1-2-9-3-5-10(6-4-9)11-12(13(17)18)19-14-15-7-8-16(11)14/h3-8H,2H2,1H3,(H,17,18). The van der Waals surface area contributed by atoms with Gasteiger partial charge in [-0.05, 0) is 12.0 Å². The Morgan fingerprint density at radius 2 is 2.11 bits per heavy atom. The van der Waals surface area contributed by atoms with Gasteiger partial charge in [0.25, 0.3) is 0 Å². The molecule has 0 unspecified atom stereocenters. The minimum Gasteiger partial charge on any atom is -0.477 e. The first-order chi connectivity index (χ1) is 9.20. The Kier molecular flexibility index (Phi) is 2.83. The highest BCUT2D eigenvalue weighted by Crippen LogP contribution is 2.31. The van der Waals surface area contributed by atoms with Crippen LogP contribution in [0.15, 0.2) is 36.7 Å². The minimum absolute atomic E-state index is 0.326. The van der Waals surface area contributed by atoms with E-state index in [1.165, 1.54) is 16.9 Å². The summed E-state index contributed by atoms with van der Waals surface area (Å²) < 4.78 is 1.83. The molecule has 0 amide bonds. The summed E-state index contributed by atoms with van der Waals surface area (Å²) in [5, 5.41) is 9.32. The maximum Gasteiger partial charge on any atom is 0.348 e. The molecule has 4 nitrogen and oxygen atoms in total. The van der Waals surface area contributed by atoms with Crippen molar-refractivity contribution in [3.05, 3.63) is 47.1 Å². The first kappa shape index (κ1) is 11.9. The van der Waals surface area contributed by atoms with Crippen LogP contribution in [-0.2, 0) is 6.42 Å². The van der Waals surface area contributed by atoms with Crippen molar-refractivity contribution in [2.75, 3.05) is 0 Å². The third kappa shape index (κ3) is 1.92. The Morgan fingerprint density at radius 1 is 1.37 bits per heavy atom. The third-order valence-electron chi connectivity index (χ3n) is 3.09. The summed E-state index contributed by atoms with van der Waals surface area (Å²) in [6.07, 6.45) is 4.44. The summed E-state index contributed by atoms with van der Waals surface area (Å²) in [6.45, 7) is 2.09. The van der Waals surface area contributed by atoms with Crippen molar-refractivity contribution in [3.63, 3.8) is 0 Å². The van der Waals surface area contributed by atoms with E-state index in [9.17, 15) is 9.90 Å². The van der Waals surface area contributed by atoms with Crippen LogP contribution in [0.2, 0.25) is 0 Å². The van der Waals surface area contributed by atoms with Gasteiger partial charge in [-0.1, -0.05) is 42.5 Å². The molecule has 0 atom stereocenters. The van der Waals surface area contributed by atoms with E-state index >= 15 is 0 Å². The molecule has 0 saturated heterocycles. The van der Waals surface area contributed by atoms with E-state index in [0.717, 1.165) is 12.0 Å². The number of thiazole rings is 1. The lowest BCUT2D eigenvalue weighted by Crippen LogP contribution is -1.97. The van der Waals surface area contributed by atoms with Crippen LogP contribution in [0.25, 0.3) is 16.2 Å². The molecule has 0 bridgehead atoms. The van der Waals surface area contributed by atoms with Crippen LogP contribution in [0.3, 0.4) is 0 Å². The topological polar surface area (TPSA) is 54.6 Å². The number of rotatable bonds is 3. The Morgan fingerprint density at radius 3 is 2.74 bits per heavy atom. The third-order valence-corrected chi connectivity index (χ3v) is 4.14. The first-order valence-electron chi connectivity index (χ1n) is 5.99. The van der Waals surface area contributed by atoms with Crippen LogP contribution in [0.5, 0.6) is 0 Å². The molecule has 3 rings (SSSR count). The van der Waals surface area contributed by atoms with Gasteiger partial charge in [0.05, 0.1) is 5.69 Å². The number of aromatic carboxylic acids is 1. The van der Waals surface area contributed by atoms with Crippen molar-refractivity contribution in [2.24, 2.45) is 0 Å². The molecule has 0 spiro atoms. The summed E-state index contributed by atoms with van der Waals surface area (Å²) >= 11 is 1.20. The fourth-order valence-corrected chi connectivity index (χ4v) is 3.04. The van der Waals surface area contributed by atoms with E-state index in [1.807, 2.05) is 28.7 Å². The van der Waals surface area contributed by atoms with E-state index in [2.05, 4.69) is 11.9 Å². The van der Waals surface area contributed by atoms with Crippen LogP contribution in [0, 0.1) is 0 Å². The zero-order chi connectivity index (χ0) is 13.4. The van der Waals surface area contributed by atoms with Crippen molar-refractivity contribution in [1.29, 1.82) is 0 Å². The van der Waals surface area contributed by atoms with Gasteiger partial charge in [0.15, 0.2) is 4.96 Å². The summed E-state index contributed by atoms with van der Waals surface area (Å²) in [6, 6.07) is 7.99. The summed E-state index contributed by atoms with van der Waals surface area (Å²) in [7, 11) is 0. The van der Waals surface area contributed by atoms with E-state index in [4.69, 9.17) is 0 Å². The molecule has 2 aromatic heterocycles. The molecule has 1 N–H and O–H groups in total. The molecular formula is C14H12N2O2S. The van der Waals surface area contributed by atoms with Gasteiger partial charge < -0.3 is 5.11 Å². The van der Waals surface area contributed by atoms with E-state index in [1.54, 1.807) is 12.4 Å². The number of carbonyl (C=O) groups is 1. The van der Waals surface area contributed by atoms with Gasteiger partial charge in [-0.3, -0.25) is 4.40 Å². The number of nitrogens with zero attached hydrogens (tertiary/aromatic N) is 2. The molecule has 3 aromatic rings. The average Bonchev–Trinajstić information content (AvgIpc) is 2.98. The lowest BCUT2D eigenvalue weighted by molar-refractivity contribution is 0.0702. The monoisotopic (exact) mass is 272 g/mol. The van der Waals surface area contributed by atoms with Gasteiger partial charge in [-0.15, -0.1) is 0 Å². The van der Waals surface area contributed by atoms with Crippen molar-refractivity contribution < 1.29 is 9.90 Å². The average molecular weight is 272 g/mol. The number of aryl methyl sites for hydroxylation is 1. The molecular weight excluding hydrogens is 260 g/mol. The quantitative estimate of drug-likeness (QED) is 0.795. The molecule has 0 radical (unpaired) electrons. The predicted molar refractivity (Wildman–Crippen MR) is 74.8 cm³/mol. The maximum atomic E-state index is 11.4. The molecule has 0 fully saturated rings. The molecule has 5 heteroatoms. The normalized spacial score (nSPS) is 11.0. The van der Waals surface area contributed by atoms with E-state index < -0.39 is 5.97 Å². The second-order valence-corrected chi connectivity index (χ2v) is 5.19. The smallest absolute Gasteiger partial charge is 0.348 e. The second kappa shape index (κ2) is 4.51. The highest BCUT2D eigenvalue weighted by atomic mass is 32.1. The molecule has 96 valence electrons. The van der Waals surface area contributed by atoms with Crippen molar-refractivity contribution in [2.45, 2.75) is 13.3 Å². The highest BCUT2D eigenvalue weighted by Gasteiger charge is 2.19. The number of hydrogen-bond donors (Lipinski definition) is 1. The summed E-state index contributed by atoms with van der Waals surface area (Å²) in [4.78, 5) is 16.5. The van der Waals surface area contributed by atoms with Crippen LogP contribution < -0.4 is 0 Å². The Bertz CT molecular complexity index is 740. The van der Waals surface area contributed by atoms with Gasteiger partial charge in [0, 0.05) is 18.0 Å². The fourth-order valence-electron chi connectivity index (χ4n) is 2.10. The molecule has 0 aliphatic heterocycles. The number of carboxylic acids is 1.